The van der Waals surface area contributed by atoms with E-state index in [1.807, 2.05) is 68.4 Å². The summed E-state index contributed by atoms with van der Waals surface area (Å²) in [5, 5.41) is 3.13. The summed E-state index contributed by atoms with van der Waals surface area (Å²) in [6.45, 7) is 4.24. The van der Waals surface area contributed by atoms with Gasteiger partial charge in [-0.15, -0.1) is 0 Å². The fourth-order valence-electron chi connectivity index (χ4n) is 3.36. The predicted octanol–water partition coefficient (Wildman–Crippen LogP) is 5.55. The molecule has 2 amide bonds. The molecule has 34 heavy (non-hydrogen) atoms. The van der Waals surface area contributed by atoms with E-state index in [0.29, 0.717) is 28.5 Å². The first-order valence-electron chi connectivity index (χ1n) is 10.9. The molecule has 3 aromatic carbocycles. The van der Waals surface area contributed by atoms with E-state index in [1.54, 1.807) is 24.3 Å². The molecule has 0 radical (unpaired) electrons. The molecule has 1 aliphatic heterocycles. The molecule has 4 rings (SSSR count). The molecule has 0 aromatic heterocycles. The van der Waals surface area contributed by atoms with Crippen LogP contribution in [0.1, 0.15) is 29.3 Å². The van der Waals surface area contributed by atoms with Crippen LogP contribution < -0.4 is 10.2 Å². The quantitative estimate of drug-likeness (QED) is 0.342. The van der Waals surface area contributed by atoms with Gasteiger partial charge >= 0.3 is 5.97 Å². The average molecular weight is 473 g/mol. The van der Waals surface area contributed by atoms with E-state index in [4.69, 9.17) is 4.74 Å². The monoisotopic (exact) mass is 472 g/mol. The Kier molecular flexibility index (Phi) is 7.13. The summed E-state index contributed by atoms with van der Waals surface area (Å²) in [4.78, 5) is 41.3. The molecule has 0 unspecified atom stereocenters. The Morgan fingerprint density at radius 3 is 2.24 bits per heavy atom. The first-order valence-corrected chi connectivity index (χ1v) is 11.8. The van der Waals surface area contributed by atoms with Crippen LogP contribution in [0, 0.1) is 6.92 Å². The minimum atomic E-state index is -0.454. The number of nitrogens with one attached hydrogen (secondary N) is 1. The molecule has 172 valence electrons. The van der Waals surface area contributed by atoms with Crippen LogP contribution in [0.3, 0.4) is 0 Å². The van der Waals surface area contributed by atoms with E-state index in [9.17, 15) is 14.4 Å². The Balaban J connectivity index is 1.64. The lowest BCUT2D eigenvalue weighted by Crippen LogP contribution is -2.32. The van der Waals surface area contributed by atoms with Crippen LogP contribution in [0.2, 0.25) is 0 Å². The van der Waals surface area contributed by atoms with Crippen molar-refractivity contribution in [3.05, 3.63) is 101 Å². The Labute approximate surface area is 202 Å². The number of ether oxygens (including phenoxy) is 1. The number of nitrogens with zero attached hydrogens (tertiary/aromatic N) is 1. The van der Waals surface area contributed by atoms with Crippen LogP contribution in [-0.2, 0) is 14.3 Å². The van der Waals surface area contributed by atoms with Crippen molar-refractivity contribution in [2.24, 2.45) is 0 Å². The zero-order valence-corrected chi connectivity index (χ0v) is 19.7. The van der Waals surface area contributed by atoms with E-state index in [2.05, 4.69) is 5.32 Å². The van der Waals surface area contributed by atoms with Crippen LogP contribution in [0.25, 0.3) is 0 Å². The Bertz CT molecular complexity index is 1240. The molecule has 0 saturated heterocycles. The highest BCUT2D eigenvalue weighted by atomic mass is 32.2. The largest absolute Gasteiger partial charge is 0.462 e. The smallest absolute Gasteiger partial charge is 0.338 e. The predicted molar refractivity (Wildman–Crippen MR) is 134 cm³/mol. The van der Waals surface area contributed by atoms with E-state index in [1.165, 1.54) is 11.8 Å². The van der Waals surface area contributed by atoms with Crippen molar-refractivity contribution in [2.75, 3.05) is 16.8 Å². The highest BCUT2D eigenvalue weighted by molar-refractivity contribution is 8.04. The normalized spacial score (nSPS) is 13.4. The molecular weight excluding hydrogens is 448 g/mol. The number of hydrogen-bond acceptors (Lipinski definition) is 6. The number of para-hydroxylation sites is 1. The van der Waals surface area contributed by atoms with E-state index >= 15 is 0 Å². The van der Waals surface area contributed by atoms with Crippen LogP contribution in [0.4, 0.5) is 11.4 Å². The molecule has 0 fully saturated rings. The van der Waals surface area contributed by atoms with Crippen molar-refractivity contribution in [1.29, 1.82) is 0 Å². The topological polar surface area (TPSA) is 75.7 Å². The number of amides is 2. The van der Waals surface area contributed by atoms with Gasteiger partial charge in [-0.05, 0) is 61.9 Å². The third kappa shape index (κ3) is 5.05. The van der Waals surface area contributed by atoms with Crippen LogP contribution in [0.5, 0.6) is 0 Å². The zero-order chi connectivity index (χ0) is 24.1. The summed E-state index contributed by atoms with van der Waals surface area (Å²) in [6.07, 6.45) is 0.727. The highest BCUT2D eigenvalue weighted by Crippen LogP contribution is 2.38. The van der Waals surface area contributed by atoms with Crippen molar-refractivity contribution < 1.29 is 19.1 Å². The Morgan fingerprint density at radius 2 is 1.59 bits per heavy atom. The summed E-state index contributed by atoms with van der Waals surface area (Å²) in [6, 6.07) is 23.3. The van der Waals surface area contributed by atoms with E-state index in [0.717, 1.165) is 21.8 Å². The number of aryl methyl sites for hydroxylation is 1. The number of anilines is 2. The maximum atomic E-state index is 13.4. The fraction of sp³-hybridized carbons (Fsp3) is 0.148. The molecular formula is C27H24N2O4S. The van der Waals surface area contributed by atoms with E-state index < -0.39 is 17.8 Å². The molecule has 1 heterocycles. The van der Waals surface area contributed by atoms with Gasteiger partial charge in [-0.25, -0.2) is 9.69 Å². The molecule has 6 nitrogen and oxygen atoms in total. The summed E-state index contributed by atoms with van der Waals surface area (Å²) in [5.74, 6) is -1.31. The molecule has 0 spiro atoms. The Morgan fingerprint density at radius 1 is 0.912 bits per heavy atom. The maximum absolute atomic E-state index is 13.4. The lowest BCUT2D eigenvalue weighted by Gasteiger charge is -2.15. The zero-order valence-electron chi connectivity index (χ0n) is 18.9. The molecule has 7 heteroatoms. The van der Waals surface area contributed by atoms with Gasteiger partial charge in [0, 0.05) is 10.6 Å². The molecule has 0 atom stereocenters. The van der Waals surface area contributed by atoms with E-state index in [-0.39, 0.29) is 5.70 Å². The number of rotatable bonds is 8. The summed E-state index contributed by atoms with van der Waals surface area (Å²) < 4.78 is 5.15. The second-order valence-corrected chi connectivity index (χ2v) is 8.82. The van der Waals surface area contributed by atoms with Crippen LogP contribution in [0.15, 0.2) is 94.4 Å². The number of hydrogen-bond donors (Lipinski definition) is 1. The molecule has 3 aromatic rings. The standard InChI is InChI=1S/C27H24N2O4S/c1-3-17-33-27(32)19-11-13-21(14-12-19)29-25(30)23(28-20-7-5-4-6-8-20)24(26(29)31)34-22-15-9-18(2)10-16-22/h4-16,28H,3,17H2,1-2H3. The van der Waals surface area contributed by atoms with Gasteiger partial charge in [-0.3, -0.25) is 9.59 Å². The first kappa shape index (κ1) is 23.3. The molecule has 0 bridgehead atoms. The number of esters is 1. The number of imide groups is 1. The molecule has 1 N–H and O–H groups in total. The van der Waals surface area contributed by atoms with Crippen molar-refractivity contribution in [3.8, 4) is 0 Å². The lowest BCUT2D eigenvalue weighted by molar-refractivity contribution is -0.120. The number of carbonyl (C=O) groups excluding carboxylic acids is 3. The van der Waals surface area contributed by atoms with Gasteiger partial charge in [0.2, 0.25) is 0 Å². The number of carbonyl (C=O) groups is 3. The van der Waals surface area contributed by atoms with Gasteiger partial charge in [0.1, 0.15) is 10.6 Å². The maximum Gasteiger partial charge on any atom is 0.338 e. The SMILES string of the molecule is CCCOC(=O)c1ccc(N2C(=O)C(Nc3ccccc3)=C(Sc3ccc(C)cc3)C2=O)cc1. The molecule has 1 aliphatic rings. The number of benzene rings is 3. The minimum Gasteiger partial charge on any atom is -0.462 e. The fourth-order valence-corrected chi connectivity index (χ4v) is 4.29. The summed E-state index contributed by atoms with van der Waals surface area (Å²) in [5.41, 5.74) is 2.77. The first-order chi connectivity index (χ1) is 16.5. The highest BCUT2D eigenvalue weighted by Gasteiger charge is 2.40. The van der Waals surface area contributed by atoms with Gasteiger partial charge < -0.3 is 10.1 Å². The number of thioether (sulfide) groups is 1. The average Bonchev–Trinajstić information content (AvgIpc) is 3.08. The van der Waals surface area contributed by atoms with Gasteiger partial charge in [-0.1, -0.05) is 54.6 Å². The van der Waals surface area contributed by atoms with Crippen molar-refractivity contribution in [2.45, 2.75) is 25.2 Å². The van der Waals surface area contributed by atoms with Crippen LogP contribution >= 0.6 is 11.8 Å². The van der Waals surface area contributed by atoms with Gasteiger partial charge in [0.15, 0.2) is 0 Å². The summed E-state index contributed by atoms with van der Waals surface area (Å²) >= 11 is 1.25. The summed E-state index contributed by atoms with van der Waals surface area (Å²) in [7, 11) is 0. The van der Waals surface area contributed by atoms with Gasteiger partial charge in [0.25, 0.3) is 11.8 Å². The van der Waals surface area contributed by atoms with Gasteiger partial charge in [0.05, 0.1) is 17.9 Å². The van der Waals surface area contributed by atoms with Crippen molar-refractivity contribution >= 4 is 40.9 Å². The second-order valence-electron chi connectivity index (χ2n) is 7.74. The second kappa shape index (κ2) is 10.4. The Hall–Kier alpha value is -3.84. The van der Waals surface area contributed by atoms with Crippen LogP contribution in [-0.4, -0.2) is 24.4 Å². The van der Waals surface area contributed by atoms with Crippen molar-refractivity contribution in [3.63, 3.8) is 0 Å². The molecule has 0 aliphatic carbocycles. The third-order valence-corrected chi connectivity index (χ3v) is 6.21. The lowest BCUT2D eigenvalue weighted by atomic mass is 10.2. The third-order valence-electron chi connectivity index (χ3n) is 5.12. The minimum absolute atomic E-state index is 0.216. The molecule has 0 saturated carbocycles. The van der Waals surface area contributed by atoms with Crippen molar-refractivity contribution in [1.82, 2.24) is 0 Å². The van der Waals surface area contributed by atoms with Gasteiger partial charge in [-0.2, -0.15) is 0 Å².